The first-order valence-corrected chi connectivity index (χ1v) is 7.54. The average molecular weight is 362 g/mol. The van der Waals surface area contributed by atoms with Gasteiger partial charge in [0.05, 0.1) is 11.3 Å². The Hall–Kier alpha value is -1.08. The molecule has 0 amide bonds. The van der Waals surface area contributed by atoms with E-state index in [1.807, 2.05) is 20.0 Å². The molecule has 130 valence electrons. The highest BCUT2D eigenvalue weighted by Gasteiger charge is 2.17. The van der Waals surface area contributed by atoms with E-state index in [1.165, 1.54) is 5.69 Å². The lowest BCUT2D eigenvalue weighted by molar-refractivity contribution is 0.0663. The summed E-state index contributed by atoms with van der Waals surface area (Å²) in [7, 11) is 0. The summed E-state index contributed by atoms with van der Waals surface area (Å²) < 4.78 is 4.14. The van der Waals surface area contributed by atoms with Crippen LogP contribution in [-0.4, -0.2) is 36.6 Å². The molecule has 0 bridgehead atoms. The van der Waals surface area contributed by atoms with Crippen molar-refractivity contribution < 1.29 is 5.11 Å². The number of aromatic nitrogens is 4. The summed E-state index contributed by atoms with van der Waals surface area (Å²) in [6.07, 6.45) is 5.53. The van der Waals surface area contributed by atoms with Crippen molar-refractivity contribution in [2.75, 3.05) is 6.54 Å². The van der Waals surface area contributed by atoms with Crippen molar-refractivity contribution in [2.24, 2.45) is 0 Å². The maximum atomic E-state index is 9.88. The Balaban J connectivity index is 0.00000132. The number of halogens is 2. The highest BCUT2D eigenvalue weighted by Crippen LogP contribution is 2.20. The minimum absolute atomic E-state index is 0. The quantitative estimate of drug-likeness (QED) is 0.876. The smallest absolute Gasteiger partial charge is 0.160 e. The molecule has 2 aromatic rings. The fourth-order valence-corrected chi connectivity index (χ4v) is 2.59. The molecule has 3 heterocycles. The molecule has 1 aliphatic rings. The van der Waals surface area contributed by atoms with Crippen LogP contribution in [0.1, 0.15) is 32.4 Å². The summed E-state index contributed by atoms with van der Waals surface area (Å²) >= 11 is 0. The van der Waals surface area contributed by atoms with Crippen LogP contribution in [0.2, 0.25) is 0 Å². The fourth-order valence-electron chi connectivity index (χ4n) is 2.59. The zero-order chi connectivity index (χ0) is 14.9. The number of nitrogens with one attached hydrogen (secondary N) is 1. The SMILES string of the molecule is CC(C)(O)CCn1ccnc1-c1cc2n(n1)CCCNC2.Cl.Cl. The number of aliphatic hydroxyl groups is 1. The first kappa shape index (κ1) is 20.0. The van der Waals surface area contributed by atoms with Crippen molar-refractivity contribution in [3.05, 3.63) is 24.2 Å². The number of nitrogens with zero attached hydrogens (tertiary/aromatic N) is 4. The molecule has 0 fully saturated rings. The maximum Gasteiger partial charge on any atom is 0.160 e. The highest BCUT2D eigenvalue weighted by atomic mass is 35.5. The average Bonchev–Trinajstić information content (AvgIpc) is 2.98. The molecule has 0 aliphatic carbocycles. The summed E-state index contributed by atoms with van der Waals surface area (Å²) in [5, 5.41) is 18.0. The summed E-state index contributed by atoms with van der Waals surface area (Å²) in [5.41, 5.74) is 1.45. The molecule has 0 saturated carbocycles. The van der Waals surface area contributed by atoms with E-state index >= 15 is 0 Å². The van der Waals surface area contributed by atoms with E-state index in [9.17, 15) is 5.11 Å². The molecule has 8 heteroatoms. The van der Waals surface area contributed by atoms with Gasteiger partial charge < -0.3 is 15.0 Å². The van der Waals surface area contributed by atoms with Crippen molar-refractivity contribution in [3.8, 4) is 11.5 Å². The number of imidazole rings is 1. The number of hydrogen-bond acceptors (Lipinski definition) is 4. The Kier molecular flexibility index (Phi) is 7.07. The predicted octanol–water partition coefficient (Wildman–Crippen LogP) is 2.24. The molecule has 0 unspecified atom stereocenters. The van der Waals surface area contributed by atoms with Crippen LogP contribution >= 0.6 is 24.8 Å². The molecule has 0 radical (unpaired) electrons. The van der Waals surface area contributed by atoms with Crippen LogP contribution in [0.3, 0.4) is 0 Å². The standard InChI is InChI=1S/C15H23N5O.2ClH/c1-15(2,21)4-8-19-9-6-17-14(19)13-10-12-11-16-5-3-7-20(12)18-13;;/h6,9-10,16,21H,3-5,7-8,11H2,1-2H3;2*1H. The van der Waals surface area contributed by atoms with Crippen LogP contribution in [0.25, 0.3) is 11.5 Å². The van der Waals surface area contributed by atoms with Crippen molar-refractivity contribution in [2.45, 2.75) is 51.9 Å². The molecule has 1 aliphatic heterocycles. The van der Waals surface area contributed by atoms with E-state index in [-0.39, 0.29) is 24.8 Å². The van der Waals surface area contributed by atoms with Crippen molar-refractivity contribution >= 4 is 24.8 Å². The largest absolute Gasteiger partial charge is 0.390 e. The summed E-state index contributed by atoms with van der Waals surface area (Å²) in [5.74, 6) is 0.875. The van der Waals surface area contributed by atoms with Gasteiger partial charge in [-0.05, 0) is 39.3 Å². The van der Waals surface area contributed by atoms with Gasteiger partial charge in [0.1, 0.15) is 5.69 Å². The van der Waals surface area contributed by atoms with E-state index in [0.29, 0.717) is 6.42 Å². The number of hydrogen-bond donors (Lipinski definition) is 2. The lowest BCUT2D eigenvalue weighted by Gasteiger charge is -2.17. The molecule has 0 atom stereocenters. The Morgan fingerprint density at radius 2 is 2.13 bits per heavy atom. The van der Waals surface area contributed by atoms with Gasteiger partial charge in [0.15, 0.2) is 5.82 Å². The van der Waals surface area contributed by atoms with Gasteiger partial charge in [-0.1, -0.05) is 0 Å². The first-order valence-electron chi connectivity index (χ1n) is 7.54. The molecule has 2 aromatic heterocycles. The Morgan fingerprint density at radius 3 is 2.87 bits per heavy atom. The highest BCUT2D eigenvalue weighted by molar-refractivity contribution is 5.85. The molecule has 2 N–H and O–H groups in total. The monoisotopic (exact) mass is 361 g/mol. The third-order valence-electron chi connectivity index (χ3n) is 3.80. The molecular weight excluding hydrogens is 337 g/mol. The van der Waals surface area contributed by atoms with E-state index in [0.717, 1.165) is 44.1 Å². The van der Waals surface area contributed by atoms with Crippen molar-refractivity contribution in [1.29, 1.82) is 0 Å². The van der Waals surface area contributed by atoms with Crippen molar-refractivity contribution in [3.63, 3.8) is 0 Å². The lowest BCUT2D eigenvalue weighted by Crippen LogP contribution is -2.21. The number of fused-ring (bicyclic) bond motifs is 1. The van der Waals surface area contributed by atoms with Gasteiger partial charge in [-0.3, -0.25) is 4.68 Å². The van der Waals surface area contributed by atoms with Gasteiger partial charge in [0, 0.05) is 32.0 Å². The molecule has 23 heavy (non-hydrogen) atoms. The molecule has 0 spiro atoms. The minimum atomic E-state index is -0.670. The Morgan fingerprint density at radius 1 is 1.35 bits per heavy atom. The van der Waals surface area contributed by atoms with Crippen LogP contribution in [-0.2, 0) is 19.6 Å². The first-order chi connectivity index (χ1) is 10.0. The summed E-state index contributed by atoms with van der Waals surface area (Å²) in [6.45, 7) is 7.24. The van der Waals surface area contributed by atoms with Crippen LogP contribution in [0, 0.1) is 0 Å². The molecule has 3 rings (SSSR count). The predicted molar refractivity (Wildman–Crippen MR) is 95.2 cm³/mol. The van der Waals surface area contributed by atoms with Crippen molar-refractivity contribution in [1.82, 2.24) is 24.6 Å². The van der Waals surface area contributed by atoms with Gasteiger partial charge in [0.25, 0.3) is 0 Å². The third kappa shape index (κ3) is 4.94. The Labute approximate surface area is 149 Å². The van der Waals surface area contributed by atoms with E-state index in [2.05, 4.69) is 30.7 Å². The summed E-state index contributed by atoms with van der Waals surface area (Å²) in [4.78, 5) is 4.44. The van der Waals surface area contributed by atoms with Crippen LogP contribution in [0.4, 0.5) is 0 Å². The zero-order valence-corrected chi connectivity index (χ0v) is 15.2. The lowest BCUT2D eigenvalue weighted by atomic mass is 10.1. The molecular formula is C15H25Cl2N5O. The zero-order valence-electron chi connectivity index (χ0n) is 13.5. The Bertz CT molecular complexity index is 594. The van der Waals surface area contributed by atoms with Gasteiger partial charge in [-0.15, -0.1) is 24.8 Å². The molecule has 6 nitrogen and oxygen atoms in total. The van der Waals surface area contributed by atoms with E-state index in [4.69, 9.17) is 0 Å². The van der Waals surface area contributed by atoms with E-state index in [1.54, 1.807) is 6.20 Å². The second-order valence-electron chi connectivity index (χ2n) is 6.28. The second kappa shape index (κ2) is 8.15. The van der Waals surface area contributed by atoms with Crippen LogP contribution < -0.4 is 5.32 Å². The topological polar surface area (TPSA) is 67.9 Å². The van der Waals surface area contributed by atoms with Crippen LogP contribution in [0.15, 0.2) is 18.5 Å². The van der Waals surface area contributed by atoms with Gasteiger partial charge in [-0.2, -0.15) is 5.10 Å². The normalized spacial score (nSPS) is 14.4. The van der Waals surface area contributed by atoms with E-state index < -0.39 is 5.60 Å². The van der Waals surface area contributed by atoms with Gasteiger partial charge >= 0.3 is 0 Å². The van der Waals surface area contributed by atoms with Crippen LogP contribution in [0.5, 0.6) is 0 Å². The van der Waals surface area contributed by atoms with Gasteiger partial charge in [-0.25, -0.2) is 4.98 Å². The fraction of sp³-hybridized carbons (Fsp3) is 0.600. The molecule has 0 saturated heterocycles. The van der Waals surface area contributed by atoms with Gasteiger partial charge in [0.2, 0.25) is 0 Å². The maximum absolute atomic E-state index is 9.88. The summed E-state index contributed by atoms with van der Waals surface area (Å²) in [6, 6.07) is 2.11. The second-order valence-corrected chi connectivity index (χ2v) is 6.28. The molecule has 0 aromatic carbocycles. The minimum Gasteiger partial charge on any atom is -0.390 e. The number of aryl methyl sites for hydroxylation is 2. The number of rotatable bonds is 4. The third-order valence-corrected chi connectivity index (χ3v) is 3.80.